The molecule has 1 aromatic heterocycles. The predicted octanol–water partition coefficient (Wildman–Crippen LogP) is 0.590. The molecule has 2 fully saturated rings. The van der Waals surface area contributed by atoms with Crippen LogP contribution in [0.4, 0.5) is 5.95 Å². The average Bonchev–Trinajstić information content (AvgIpc) is 3.11. The number of carbonyl (C=O) groups is 1. The molecule has 6 heteroatoms. The lowest BCUT2D eigenvalue weighted by atomic mass is 10.1. The summed E-state index contributed by atoms with van der Waals surface area (Å²) in [5.74, 6) is 1.55. The van der Waals surface area contributed by atoms with E-state index in [2.05, 4.69) is 20.2 Å². The second kappa shape index (κ2) is 5.03. The normalized spacial score (nSPS) is 22.4. The summed E-state index contributed by atoms with van der Waals surface area (Å²) in [4.78, 5) is 22.5. The Morgan fingerprint density at radius 1 is 1.37 bits per heavy atom. The number of methoxy groups -OCH3 is 1. The van der Waals surface area contributed by atoms with E-state index in [0.717, 1.165) is 25.8 Å². The number of ether oxygens (including phenoxy) is 1. The van der Waals surface area contributed by atoms with Crippen LogP contribution in [0.1, 0.15) is 19.3 Å². The second-order valence-corrected chi connectivity index (χ2v) is 5.14. The molecule has 6 nitrogen and oxygen atoms in total. The van der Waals surface area contributed by atoms with Crippen molar-refractivity contribution >= 4 is 11.9 Å². The Kier molecular flexibility index (Phi) is 3.23. The predicted molar refractivity (Wildman–Crippen MR) is 70.1 cm³/mol. The molecule has 1 unspecified atom stereocenters. The third-order valence-electron chi connectivity index (χ3n) is 3.62. The maximum absolute atomic E-state index is 12.0. The molecular formula is C13H18N4O2. The summed E-state index contributed by atoms with van der Waals surface area (Å²) in [7, 11) is 1.59. The molecule has 19 heavy (non-hydrogen) atoms. The van der Waals surface area contributed by atoms with Gasteiger partial charge in [0.15, 0.2) is 5.75 Å². The molecule has 1 aliphatic heterocycles. The third kappa shape index (κ3) is 2.77. The first-order chi connectivity index (χ1) is 9.26. The monoisotopic (exact) mass is 262 g/mol. The summed E-state index contributed by atoms with van der Waals surface area (Å²) in [5, 5.41) is 3.06. The molecule has 1 amide bonds. The Labute approximate surface area is 112 Å². The zero-order valence-corrected chi connectivity index (χ0v) is 11.0. The summed E-state index contributed by atoms with van der Waals surface area (Å²) in [6.45, 7) is 1.53. The van der Waals surface area contributed by atoms with Crippen molar-refractivity contribution < 1.29 is 9.53 Å². The molecule has 2 aliphatic rings. The standard InChI is InChI=1S/C13H18N4O2/c1-19-11-6-14-13(15-7-11)17-5-4-9(8-17)12(18)16-10-2-3-10/h6-7,9-10H,2-5,8H2,1H3,(H,16,18). The van der Waals surface area contributed by atoms with Crippen LogP contribution in [-0.4, -0.2) is 42.1 Å². The van der Waals surface area contributed by atoms with Crippen molar-refractivity contribution in [3.63, 3.8) is 0 Å². The zero-order valence-electron chi connectivity index (χ0n) is 11.0. The van der Waals surface area contributed by atoms with Crippen LogP contribution in [0.25, 0.3) is 0 Å². The molecule has 1 saturated heterocycles. The highest BCUT2D eigenvalue weighted by Gasteiger charge is 2.32. The van der Waals surface area contributed by atoms with Crippen LogP contribution in [0.3, 0.4) is 0 Å². The lowest BCUT2D eigenvalue weighted by Gasteiger charge is -2.16. The van der Waals surface area contributed by atoms with Gasteiger partial charge in [-0.25, -0.2) is 9.97 Å². The molecule has 0 aromatic carbocycles. The number of hydrogen-bond donors (Lipinski definition) is 1. The Hall–Kier alpha value is -1.85. The van der Waals surface area contributed by atoms with E-state index in [4.69, 9.17) is 4.74 Å². The molecule has 1 N–H and O–H groups in total. The number of amides is 1. The van der Waals surface area contributed by atoms with Gasteiger partial charge in [-0.2, -0.15) is 0 Å². The molecule has 0 radical (unpaired) electrons. The summed E-state index contributed by atoms with van der Waals surface area (Å²) < 4.78 is 5.03. The van der Waals surface area contributed by atoms with E-state index >= 15 is 0 Å². The fourth-order valence-electron chi connectivity index (χ4n) is 2.28. The number of hydrogen-bond acceptors (Lipinski definition) is 5. The number of aromatic nitrogens is 2. The first-order valence-corrected chi connectivity index (χ1v) is 6.67. The topological polar surface area (TPSA) is 67.3 Å². The summed E-state index contributed by atoms with van der Waals surface area (Å²) >= 11 is 0. The minimum absolute atomic E-state index is 0.0614. The van der Waals surface area contributed by atoms with E-state index < -0.39 is 0 Å². The SMILES string of the molecule is COc1cnc(N2CCC(C(=O)NC3CC3)C2)nc1. The molecule has 0 spiro atoms. The van der Waals surface area contributed by atoms with Crippen LogP contribution in [0.15, 0.2) is 12.4 Å². The Bertz CT molecular complexity index is 458. The van der Waals surface area contributed by atoms with Crippen molar-refractivity contribution in [2.75, 3.05) is 25.1 Å². The molecule has 102 valence electrons. The lowest BCUT2D eigenvalue weighted by Crippen LogP contribution is -2.34. The molecule has 0 bridgehead atoms. The number of nitrogens with one attached hydrogen (secondary N) is 1. The minimum Gasteiger partial charge on any atom is -0.494 e. The van der Waals surface area contributed by atoms with Gasteiger partial charge in [-0.1, -0.05) is 0 Å². The highest BCUT2D eigenvalue weighted by atomic mass is 16.5. The third-order valence-corrected chi connectivity index (χ3v) is 3.62. The maximum Gasteiger partial charge on any atom is 0.225 e. The van der Waals surface area contributed by atoms with E-state index in [0.29, 0.717) is 24.3 Å². The van der Waals surface area contributed by atoms with Gasteiger partial charge in [-0.3, -0.25) is 4.79 Å². The van der Waals surface area contributed by atoms with Crippen molar-refractivity contribution in [2.24, 2.45) is 5.92 Å². The van der Waals surface area contributed by atoms with Crippen LogP contribution in [0.5, 0.6) is 5.75 Å². The van der Waals surface area contributed by atoms with Crippen LogP contribution < -0.4 is 15.0 Å². The second-order valence-electron chi connectivity index (χ2n) is 5.14. The van der Waals surface area contributed by atoms with Crippen molar-refractivity contribution in [3.05, 3.63) is 12.4 Å². The number of nitrogens with zero attached hydrogens (tertiary/aromatic N) is 3. The van der Waals surface area contributed by atoms with Gasteiger partial charge in [0.1, 0.15) is 0 Å². The van der Waals surface area contributed by atoms with Gasteiger partial charge in [0, 0.05) is 19.1 Å². The first-order valence-electron chi connectivity index (χ1n) is 6.67. The van der Waals surface area contributed by atoms with Crippen LogP contribution in [-0.2, 0) is 4.79 Å². The van der Waals surface area contributed by atoms with Gasteiger partial charge < -0.3 is 15.0 Å². The van der Waals surface area contributed by atoms with Gasteiger partial charge in [-0.05, 0) is 19.3 Å². The van der Waals surface area contributed by atoms with E-state index in [9.17, 15) is 4.79 Å². The maximum atomic E-state index is 12.0. The molecule has 1 aromatic rings. The average molecular weight is 262 g/mol. The van der Waals surface area contributed by atoms with Gasteiger partial charge in [0.25, 0.3) is 0 Å². The van der Waals surface area contributed by atoms with Gasteiger partial charge >= 0.3 is 0 Å². The van der Waals surface area contributed by atoms with E-state index in [-0.39, 0.29) is 11.8 Å². The smallest absolute Gasteiger partial charge is 0.225 e. The first kappa shape index (κ1) is 12.2. The molecule has 2 heterocycles. The van der Waals surface area contributed by atoms with E-state index in [1.165, 1.54) is 0 Å². The quantitative estimate of drug-likeness (QED) is 0.860. The van der Waals surface area contributed by atoms with Gasteiger partial charge in [0.05, 0.1) is 25.4 Å². The molecule has 1 atom stereocenters. The fourth-order valence-corrected chi connectivity index (χ4v) is 2.28. The number of anilines is 1. The highest BCUT2D eigenvalue weighted by Crippen LogP contribution is 2.24. The van der Waals surface area contributed by atoms with Gasteiger partial charge in [-0.15, -0.1) is 0 Å². The van der Waals surface area contributed by atoms with E-state index in [1.54, 1.807) is 19.5 Å². The summed E-state index contributed by atoms with van der Waals surface area (Å²) in [6, 6.07) is 0.429. The summed E-state index contributed by atoms with van der Waals surface area (Å²) in [5.41, 5.74) is 0. The zero-order chi connectivity index (χ0) is 13.2. The molecular weight excluding hydrogens is 244 g/mol. The lowest BCUT2D eigenvalue weighted by molar-refractivity contribution is -0.124. The molecule has 3 rings (SSSR count). The van der Waals surface area contributed by atoms with Crippen molar-refractivity contribution in [1.29, 1.82) is 0 Å². The highest BCUT2D eigenvalue weighted by molar-refractivity contribution is 5.80. The number of rotatable bonds is 4. The minimum atomic E-state index is 0.0614. The fraction of sp³-hybridized carbons (Fsp3) is 0.615. The van der Waals surface area contributed by atoms with Crippen molar-refractivity contribution in [1.82, 2.24) is 15.3 Å². The Balaban J connectivity index is 1.59. The Morgan fingerprint density at radius 2 is 2.11 bits per heavy atom. The van der Waals surface area contributed by atoms with Crippen LogP contribution >= 0.6 is 0 Å². The Morgan fingerprint density at radius 3 is 2.74 bits per heavy atom. The largest absolute Gasteiger partial charge is 0.494 e. The van der Waals surface area contributed by atoms with Crippen LogP contribution in [0.2, 0.25) is 0 Å². The molecule has 1 saturated carbocycles. The number of carbonyl (C=O) groups excluding carboxylic acids is 1. The van der Waals surface area contributed by atoms with Crippen molar-refractivity contribution in [2.45, 2.75) is 25.3 Å². The van der Waals surface area contributed by atoms with Crippen LogP contribution in [0, 0.1) is 5.92 Å². The van der Waals surface area contributed by atoms with Gasteiger partial charge in [0.2, 0.25) is 11.9 Å². The van der Waals surface area contributed by atoms with E-state index in [1.807, 2.05) is 0 Å². The summed E-state index contributed by atoms with van der Waals surface area (Å²) in [6.07, 6.45) is 6.43. The van der Waals surface area contributed by atoms with Crippen molar-refractivity contribution in [3.8, 4) is 5.75 Å². The molecule has 1 aliphatic carbocycles.